The van der Waals surface area contributed by atoms with E-state index in [1.165, 1.54) is 6.08 Å². The minimum atomic E-state index is -1.07. The van der Waals surface area contributed by atoms with Crippen LogP contribution in [0.2, 0.25) is 10.0 Å². The van der Waals surface area contributed by atoms with E-state index in [2.05, 4.69) is 5.10 Å². The highest BCUT2D eigenvalue weighted by Gasteiger charge is 2.27. The number of aliphatic hydroxyl groups excluding tert-OH is 1. The number of benzene rings is 1. The Morgan fingerprint density at radius 1 is 1.41 bits per heavy atom. The molecule has 1 aliphatic carbocycles. The van der Waals surface area contributed by atoms with E-state index in [-0.39, 0.29) is 6.61 Å². The van der Waals surface area contributed by atoms with Crippen LogP contribution in [-0.2, 0) is 13.0 Å². The summed E-state index contributed by atoms with van der Waals surface area (Å²) in [6.07, 6.45) is 3.27. The molecule has 1 N–H and O–H groups in total. The summed E-state index contributed by atoms with van der Waals surface area (Å²) in [5, 5.41) is 14.6. The van der Waals surface area contributed by atoms with Crippen LogP contribution in [0.1, 0.15) is 23.2 Å². The minimum absolute atomic E-state index is 0.192. The SMILES string of the molecule is OC/C=C1\c2c(cnn2Cc2ccc(Cl)cc2Cl)CCC1F. The number of fused-ring (bicyclic) bond motifs is 1. The number of aliphatic hydroxyl groups is 1. The topological polar surface area (TPSA) is 38.1 Å². The lowest BCUT2D eigenvalue weighted by Gasteiger charge is -2.21. The molecule has 0 saturated heterocycles. The van der Waals surface area contributed by atoms with Crippen LogP contribution in [0, 0.1) is 0 Å². The van der Waals surface area contributed by atoms with Gasteiger partial charge in [-0.3, -0.25) is 4.68 Å². The van der Waals surface area contributed by atoms with Crippen LogP contribution in [0.3, 0.4) is 0 Å². The number of hydrogen-bond acceptors (Lipinski definition) is 2. The molecule has 1 aliphatic rings. The second-order valence-electron chi connectivity index (χ2n) is 5.26. The van der Waals surface area contributed by atoms with Gasteiger partial charge >= 0.3 is 0 Å². The third kappa shape index (κ3) is 2.91. The van der Waals surface area contributed by atoms with E-state index in [4.69, 9.17) is 28.3 Å². The maximum absolute atomic E-state index is 14.2. The lowest BCUT2D eigenvalue weighted by atomic mass is 9.91. The Morgan fingerprint density at radius 2 is 2.23 bits per heavy atom. The van der Waals surface area contributed by atoms with Gasteiger partial charge in [-0.2, -0.15) is 5.10 Å². The molecule has 116 valence electrons. The summed E-state index contributed by atoms with van der Waals surface area (Å²) in [6, 6.07) is 5.28. The zero-order chi connectivity index (χ0) is 15.7. The molecular formula is C16H15Cl2FN2O. The molecule has 1 aromatic carbocycles. The standard InChI is InChI=1S/C16H15Cl2FN2O/c17-12-3-1-11(14(18)7-12)9-21-16-10(8-20-21)2-4-15(19)13(16)5-6-22/h1,3,5,7-8,15,22H,2,4,6,9H2/b13-5-. The average Bonchev–Trinajstić information content (AvgIpc) is 2.88. The molecule has 2 aromatic rings. The molecule has 0 aliphatic heterocycles. The number of aromatic nitrogens is 2. The summed E-state index contributed by atoms with van der Waals surface area (Å²) in [4.78, 5) is 0. The number of aryl methyl sites for hydroxylation is 1. The summed E-state index contributed by atoms with van der Waals surface area (Å²) < 4.78 is 15.9. The average molecular weight is 341 g/mol. The molecule has 22 heavy (non-hydrogen) atoms. The Labute approximate surface area is 138 Å². The molecule has 1 aromatic heterocycles. The molecule has 0 amide bonds. The quantitative estimate of drug-likeness (QED) is 0.920. The second kappa shape index (κ2) is 6.41. The zero-order valence-electron chi connectivity index (χ0n) is 11.8. The molecule has 1 heterocycles. The van der Waals surface area contributed by atoms with Gasteiger partial charge in [-0.15, -0.1) is 0 Å². The molecule has 1 atom stereocenters. The first-order chi connectivity index (χ1) is 10.6. The van der Waals surface area contributed by atoms with E-state index in [0.29, 0.717) is 35.0 Å². The molecular weight excluding hydrogens is 326 g/mol. The molecule has 0 fully saturated rings. The van der Waals surface area contributed by atoms with Crippen molar-refractivity contribution in [2.24, 2.45) is 0 Å². The van der Waals surface area contributed by atoms with Crippen molar-refractivity contribution in [3.05, 3.63) is 57.3 Å². The Bertz CT molecular complexity index is 727. The van der Waals surface area contributed by atoms with Gasteiger partial charge in [-0.05, 0) is 36.1 Å². The van der Waals surface area contributed by atoms with E-state index >= 15 is 0 Å². The van der Waals surface area contributed by atoms with Gasteiger partial charge in [0.25, 0.3) is 0 Å². The van der Waals surface area contributed by atoms with Crippen LogP contribution in [-0.4, -0.2) is 27.7 Å². The highest BCUT2D eigenvalue weighted by molar-refractivity contribution is 6.35. The van der Waals surface area contributed by atoms with Crippen molar-refractivity contribution in [1.29, 1.82) is 0 Å². The van der Waals surface area contributed by atoms with Gasteiger partial charge in [0.2, 0.25) is 0 Å². The molecule has 0 radical (unpaired) electrons. The first kappa shape index (κ1) is 15.5. The predicted octanol–water partition coefficient (Wildman–Crippen LogP) is 3.90. The van der Waals surface area contributed by atoms with E-state index < -0.39 is 6.17 Å². The van der Waals surface area contributed by atoms with Crippen LogP contribution in [0.15, 0.2) is 30.5 Å². The van der Waals surface area contributed by atoms with Crippen LogP contribution in [0.4, 0.5) is 4.39 Å². The lowest BCUT2D eigenvalue weighted by molar-refractivity contribution is 0.337. The summed E-state index contributed by atoms with van der Waals surface area (Å²) >= 11 is 12.1. The predicted molar refractivity (Wildman–Crippen MR) is 86.1 cm³/mol. The number of nitrogens with zero attached hydrogens (tertiary/aromatic N) is 2. The fourth-order valence-electron chi connectivity index (χ4n) is 2.78. The molecule has 1 unspecified atom stereocenters. The molecule has 6 heteroatoms. The van der Waals surface area contributed by atoms with Gasteiger partial charge in [0.15, 0.2) is 0 Å². The Kier molecular flexibility index (Phi) is 4.52. The van der Waals surface area contributed by atoms with Gasteiger partial charge < -0.3 is 5.11 Å². The molecule has 0 bridgehead atoms. The van der Waals surface area contributed by atoms with Crippen LogP contribution in [0.5, 0.6) is 0 Å². The van der Waals surface area contributed by atoms with Crippen molar-refractivity contribution in [2.75, 3.05) is 6.61 Å². The van der Waals surface area contributed by atoms with Crippen molar-refractivity contribution in [2.45, 2.75) is 25.6 Å². The number of hydrogen-bond donors (Lipinski definition) is 1. The summed E-state index contributed by atoms with van der Waals surface area (Å²) in [7, 11) is 0. The van der Waals surface area contributed by atoms with E-state index in [1.54, 1.807) is 23.0 Å². The lowest BCUT2D eigenvalue weighted by Crippen LogP contribution is -2.18. The monoisotopic (exact) mass is 340 g/mol. The van der Waals surface area contributed by atoms with Gasteiger partial charge in [0.1, 0.15) is 6.17 Å². The van der Waals surface area contributed by atoms with Crippen molar-refractivity contribution in [1.82, 2.24) is 9.78 Å². The van der Waals surface area contributed by atoms with Crippen molar-refractivity contribution >= 4 is 28.8 Å². The van der Waals surface area contributed by atoms with E-state index in [0.717, 1.165) is 16.8 Å². The number of rotatable bonds is 3. The molecule has 3 nitrogen and oxygen atoms in total. The van der Waals surface area contributed by atoms with Crippen molar-refractivity contribution < 1.29 is 9.50 Å². The largest absolute Gasteiger partial charge is 0.392 e. The van der Waals surface area contributed by atoms with Crippen LogP contribution >= 0.6 is 23.2 Å². The summed E-state index contributed by atoms with van der Waals surface area (Å²) in [5.41, 5.74) is 3.12. The number of alkyl halides is 1. The first-order valence-corrected chi connectivity index (χ1v) is 7.79. The maximum Gasteiger partial charge on any atom is 0.127 e. The summed E-state index contributed by atoms with van der Waals surface area (Å²) in [5.74, 6) is 0. The van der Waals surface area contributed by atoms with Crippen molar-refractivity contribution in [3.63, 3.8) is 0 Å². The highest BCUT2D eigenvalue weighted by atomic mass is 35.5. The smallest absolute Gasteiger partial charge is 0.127 e. The van der Waals surface area contributed by atoms with Gasteiger partial charge in [0.05, 0.1) is 25.0 Å². The van der Waals surface area contributed by atoms with E-state index in [9.17, 15) is 4.39 Å². The molecule has 3 rings (SSSR count). The fourth-order valence-corrected chi connectivity index (χ4v) is 3.25. The fraction of sp³-hybridized carbons (Fsp3) is 0.312. The Hall–Kier alpha value is -1.36. The van der Waals surface area contributed by atoms with Crippen LogP contribution < -0.4 is 0 Å². The van der Waals surface area contributed by atoms with Gasteiger partial charge in [-0.25, -0.2) is 4.39 Å². The van der Waals surface area contributed by atoms with Gasteiger partial charge in [0, 0.05) is 15.6 Å². The summed E-state index contributed by atoms with van der Waals surface area (Å²) in [6.45, 7) is 0.239. The first-order valence-electron chi connectivity index (χ1n) is 7.04. The highest BCUT2D eigenvalue weighted by Crippen LogP contribution is 2.33. The number of halogens is 3. The second-order valence-corrected chi connectivity index (χ2v) is 6.10. The molecule has 0 spiro atoms. The third-order valence-electron chi connectivity index (χ3n) is 3.84. The Balaban J connectivity index is 2.00. The van der Waals surface area contributed by atoms with Gasteiger partial charge in [-0.1, -0.05) is 35.3 Å². The molecule has 0 saturated carbocycles. The Morgan fingerprint density at radius 3 is 2.95 bits per heavy atom. The van der Waals surface area contributed by atoms with Crippen molar-refractivity contribution in [3.8, 4) is 0 Å². The van der Waals surface area contributed by atoms with Crippen LogP contribution in [0.25, 0.3) is 5.57 Å². The number of allylic oxidation sites excluding steroid dienone is 1. The zero-order valence-corrected chi connectivity index (χ0v) is 13.3. The maximum atomic E-state index is 14.2. The third-order valence-corrected chi connectivity index (χ3v) is 4.43. The van der Waals surface area contributed by atoms with E-state index in [1.807, 2.05) is 6.07 Å². The normalized spacial score (nSPS) is 19.5. The minimum Gasteiger partial charge on any atom is -0.392 e.